The molecule has 1 heterocycles. The van der Waals surface area contributed by atoms with Crippen LogP contribution in [0.1, 0.15) is 11.4 Å². The molecule has 2 rings (SSSR count). The number of hydrogen-bond donors (Lipinski definition) is 1. The zero-order valence-corrected chi connectivity index (χ0v) is 10.1. The van der Waals surface area contributed by atoms with E-state index in [1.807, 2.05) is 44.3 Å². The van der Waals surface area contributed by atoms with Crippen molar-refractivity contribution in [3.8, 4) is 6.07 Å². The highest BCUT2D eigenvalue weighted by Gasteiger charge is 2.10. The predicted molar refractivity (Wildman–Crippen MR) is 68.2 cm³/mol. The van der Waals surface area contributed by atoms with Crippen LogP contribution in [-0.4, -0.2) is 22.0 Å². The molecule has 18 heavy (non-hydrogen) atoms. The van der Waals surface area contributed by atoms with E-state index in [1.54, 1.807) is 4.90 Å². The molecule has 0 unspecified atom stereocenters. The summed E-state index contributed by atoms with van der Waals surface area (Å²) in [5.41, 5.74) is 7.59. The number of nitriles is 1. The van der Waals surface area contributed by atoms with Crippen molar-refractivity contribution in [1.82, 2.24) is 15.0 Å². The molecule has 0 radical (unpaired) electrons. The van der Waals surface area contributed by atoms with Crippen LogP contribution in [0.15, 0.2) is 24.3 Å². The maximum absolute atomic E-state index is 8.81. The van der Waals surface area contributed by atoms with Gasteiger partial charge in [0.05, 0.1) is 0 Å². The standard InChI is InChI=1S/C12H12N6/c1-8-4-3-5-9(6-8)18(2)12-16-10(7-13)15-11(14)17-12/h3-6H,1-2H3,(H2,14,15,16,17). The molecule has 0 aliphatic rings. The van der Waals surface area contributed by atoms with Crippen LogP contribution in [0.5, 0.6) is 0 Å². The maximum Gasteiger partial charge on any atom is 0.238 e. The van der Waals surface area contributed by atoms with Crippen LogP contribution in [0.25, 0.3) is 0 Å². The number of nitrogens with two attached hydrogens (primary N) is 1. The van der Waals surface area contributed by atoms with Crippen LogP contribution in [0.2, 0.25) is 0 Å². The van der Waals surface area contributed by atoms with Gasteiger partial charge < -0.3 is 10.6 Å². The summed E-state index contributed by atoms with van der Waals surface area (Å²) in [6.07, 6.45) is 0. The Labute approximate surface area is 105 Å². The molecule has 0 amide bonds. The first-order chi connectivity index (χ1) is 8.60. The minimum atomic E-state index is 0.0111. The van der Waals surface area contributed by atoms with Crippen LogP contribution >= 0.6 is 0 Å². The maximum atomic E-state index is 8.81. The Morgan fingerprint density at radius 2 is 2.06 bits per heavy atom. The molecule has 2 N–H and O–H groups in total. The number of hydrogen-bond acceptors (Lipinski definition) is 6. The van der Waals surface area contributed by atoms with Gasteiger partial charge >= 0.3 is 0 Å². The molecule has 0 spiro atoms. The average molecular weight is 240 g/mol. The van der Waals surface area contributed by atoms with E-state index in [0.717, 1.165) is 11.3 Å². The molecular formula is C12H12N6. The monoisotopic (exact) mass is 240 g/mol. The van der Waals surface area contributed by atoms with Gasteiger partial charge in [0.15, 0.2) is 0 Å². The molecule has 90 valence electrons. The molecule has 1 aromatic carbocycles. The summed E-state index contributed by atoms with van der Waals surface area (Å²) in [4.78, 5) is 13.5. The molecular weight excluding hydrogens is 228 g/mol. The van der Waals surface area contributed by atoms with Gasteiger partial charge in [0.1, 0.15) is 6.07 Å². The normalized spacial score (nSPS) is 9.83. The first kappa shape index (κ1) is 11.8. The summed E-state index contributed by atoms with van der Waals surface area (Å²) in [6.45, 7) is 2.00. The van der Waals surface area contributed by atoms with Gasteiger partial charge in [-0.15, -0.1) is 0 Å². The Morgan fingerprint density at radius 1 is 1.28 bits per heavy atom. The molecule has 0 saturated carbocycles. The molecule has 0 fully saturated rings. The Kier molecular flexibility index (Phi) is 3.06. The van der Waals surface area contributed by atoms with E-state index >= 15 is 0 Å². The quantitative estimate of drug-likeness (QED) is 0.853. The molecule has 2 aromatic rings. The van der Waals surface area contributed by atoms with Crippen LogP contribution < -0.4 is 10.6 Å². The molecule has 0 atom stereocenters. The van der Waals surface area contributed by atoms with Crippen LogP contribution in [-0.2, 0) is 0 Å². The van der Waals surface area contributed by atoms with E-state index in [2.05, 4.69) is 15.0 Å². The number of rotatable bonds is 2. The summed E-state index contributed by atoms with van der Waals surface area (Å²) in [5.74, 6) is 0.401. The minimum absolute atomic E-state index is 0.0111. The van der Waals surface area contributed by atoms with E-state index in [0.29, 0.717) is 5.95 Å². The molecule has 6 heteroatoms. The van der Waals surface area contributed by atoms with Gasteiger partial charge in [-0.2, -0.15) is 20.2 Å². The second-order valence-electron chi connectivity index (χ2n) is 3.83. The number of aryl methyl sites for hydroxylation is 1. The van der Waals surface area contributed by atoms with Crippen molar-refractivity contribution in [3.63, 3.8) is 0 Å². The van der Waals surface area contributed by atoms with Crippen molar-refractivity contribution in [2.75, 3.05) is 17.7 Å². The van der Waals surface area contributed by atoms with Crippen molar-refractivity contribution < 1.29 is 0 Å². The highest BCUT2D eigenvalue weighted by molar-refractivity contribution is 5.58. The fourth-order valence-corrected chi connectivity index (χ4v) is 1.53. The van der Waals surface area contributed by atoms with Crippen LogP contribution in [0, 0.1) is 18.3 Å². The summed E-state index contributed by atoms with van der Waals surface area (Å²) in [7, 11) is 1.81. The van der Waals surface area contributed by atoms with Gasteiger partial charge in [-0.1, -0.05) is 12.1 Å². The van der Waals surface area contributed by atoms with Crippen molar-refractivity contribution >= 4 is 17.6 Å². The molecule has 0 aliphatic heterocycles. The van der Waals surface area contributed by atoms with Gasteiger partial charge in [-0.25, -0.2) is 0 Å². The second-order valence-corrected chi connectivity index (χ2v) is 3.83. The molecule has 6 nitrogen and oxygen atoms in total. The topological polar surface area (TPSA) is 91.7 Å². The SMILES string of the molecule is Cc1cccc(N(C)c2nc(N)nc(C#N)n2)c1. The number of benzene rings is 1. The highest BCUT2D eigenvalue weighted by Crippen LogP contribution is 2.21. The van der Waals surface area contributed by atoms with Gasteiger partial charge in [0, 0.05) is 12.7 Å². The molecule has 0 aliphatic carbocycles. The average Bonchev–Trinajstić information content (AvgIpc) is 2.37. The lowest BCUT2D eigenvalue weighted by atomic mass is 10.2. The van der Waals surface area contributed by atoms with Crippen molar-refractivity contribution in [1.29, 1.82) is 5.26 Å². The largest absolute Gasteiger partial charge is 0.368 e. The van der Waals surface area contributed by atoms with Gasteiger partial charge in [0.25, 0.3) is 0 Å². The lowest BCUT2D eigenvalue weighted by Crippen LogP contribution is -2.15. The van der Waals surface area contributed by atoms with E-state index in [-0.39, 0.29) is 11.8 Å². The fraction of sp³-hybridized carbons (Fsp3) is 0.167. The number of nitrogens with zero attached hydrogens (tertiary/aromatic N) is 5. The van der Waals surface area contributed by atoms with E-state index in [1.165, 1.54) is 0 Å². The summed E-state index contributed by atoms with van der Waals surface area (Å²) >= 11 is 0. The number of nitrogen functional groups attached to an aromatic ring is 1. The molecule has 1 aromatic heterocycles. The first-order valence-electron chi connectivity index (χ1n) is 5.32. The Balaban J connectivity index is 2.43. The second kappa shape index (κ2) is 4.67. The summed E-state index contributed by atoms with van der Waals surface area (Å²) < 4.78 is 0. The Bertz CT molecular complexity index is 616. The first-order valence-corrected chi connectivity index (χ1v) is 5.32. The van der Waals surface area contributed by atoms with Crippen molar-refractivity contribution in [2.45, 2.75) is 6.92 Å². The number of aromatic nitrogens is 3. The lowest BCUT2D eigenvalue weighted by Gasteiger charge is -2.17. The lowest BCUT2D eigenvalue weighted by molar-refractivity contribution is 0.975. The Morgan fingerprint density at radius 3 is 2.72 bits per heavy atom. The zero-order valence-electron chi connectivity index (χ0n) is 10.1. The van der Waals surface area contributed by atoms with E-state index in [4.69, 9.17) is 11.0 Å². The third-order valence-corrected chi connectivity index (χ3v) is 2.43. The van der Waals surface area contributed by atoms with E-state index in [9.17, 15) is 0 Å². The van der Waals surface area contributed by atoms with E-state index < -0.39 is 0 Å². The highest BCUT2D eigenvalue weighted by atomic mass is 15.3. The third kappa shape index (κ3) is 2.35. The Hall–Kier alpha value is -2.68. The third-order valence-electron chi connectivity index (χ3n) is 2.43. The molecule has 0 saturated heterocycles. The van der Waals surface area contributed by atoms with Crippen LogP contribution in [0.3, 0.4) is 0 Å². The minimum Gasteiger partial charge on any atom is -0.368 e. The molecule has 0 bridgehead atoms. The summed E-state index contributed by atoms with van der Waals surface area (Å²) in [6, 6.07) is 9.72. The number of anilines is 3. The predicted octanol–water partition coefficient (Wildman–Crippen LogP) is 1.40. The zero-order chi connectivity index (χ0) is 13.1. The van der Waals surface area contributed by atoms with Gasteiger partial charge in [-0.05, 0) is 24.6 Å². The smallest absolute Gasteiger partial charge is 0.238 e. The van der Waals surface area contributed by atoms with Gasteiger partial charge in [-0.3, -0.25) is 0 Å². The van der Waals surface area contributed by atoms with Crippen molar-refractivity contribution in [2.24, 2.45) is 0 Å². The summed E-state index contributed by atoms with van der Waals surface area (Å²) in [5, 5.41) is 8.81. The van der Waals surface area contributed by atoms with Gasteiger partial charge in [0.2, 0.25) is 17.7 Å². The van der Waals surface area contributed by atoms with Crippen molar-refractivity contribution in [3.05, 3.63) is 35.7 Å². The van der Waals surface area contributed by atoms with Crippen LogP contribution in [0.4, 0.5) is 17.6 Å². The fourth-order valence-electron chi connectivity index (χ4n) is 1.53.